The molecule has 0 bridgehead atoms. The van der Waals surface area contributed by atoms with Crippen LogP contribution in [-0.2, 0) is 5.41 Å². The molecule has 0 spiro atoms. The molecule has 1 aliphatic heterocycles. The van der Waals surface area contributed by atoms with Gasteiger partial charge in [0.05, 0.1) is 11.4 Å². The Labute approximate surface area is 158 Å². The number of hydrogen-bond donors (Lipinski definition) is 0. The van der Waals surface area contributed by atoms with E-state index in [0.717, 1.165) is 0 Å². The van der Waals surface area contributed by atoms with Crippen LogP contribution in [0.1, 0.15) is 36.1 Å². The Bertz CT molecular complexity index is 899. The molecule has 0 radical (unpaired) electrons. The summed E-state index contributed by atoms with van der Waals surface area (Å²) < 4.78 is 1.19. The highest BCUT2D eigenvalue weighted by molar-refractivity contribution is 9.10. The van der Waals surface area contributed by atoms with Crippen LogP contribution in [0.4, 0.5) is 17.1 Å². The Morgan fingerprint density at radius 2 is 1.20 bits per heavy atom. The topological polar surface area (TPSA) is 3.24 Å². The fourth-order valence-electron chi connectivity index (χ4n) is 4.00. The third-order valence-corrected chi connectivity index (χ3v) is 6.57. The Morgan fingerprint density at radius 3 is 1.68 bits per heavy atom. The standard InChI is InChI=1S/C23H22BrN/c1-15-13-17(14-16(2)22(15)24)25-20-11-7-5-9-18(20)23(3,4)19-10-6-8-12-21(19)25/h5-14H,1-4H3. The summed E-state index contributed by atoms with van der Waals surface area (Å²) in [5.74, 6) is 0. The quantitative estimate of drug-likeness (QED) is 0.424. The molecule has 1 nitrogen and oxygen atoms in total. The third-order valence-electron chi connectivity index (χ3n) is 5.32. The van der Waals surface area contributed by atoms with E-state index >= 15 is 0 Å². The van der Waals surface area contributed by atoms with Crippen molar-refractivity contribution in [3.05, 3.63) is 87.4 Å². The first kappa shape index (κ1) is 16.4. The fourth-order valence-corrected chi connectivity index (χ4v) is 4.23. The second-order valence-corrected chi connectivity index (χ2v) is 8.18. The van der Waals surface area contributed by atoms with Gasteiger partial charge in [-0.05, 0) is 60.4 Å². The largest absolute Gasteiger partial charge is 0.310 e. The minimum absolute atomic E-state index is 0.0108. The molecule has 0 saturated carbocycles. The second-order valence-electron chi connectivity index (χ2n) is 7.39. The van der Waals surface area contributed by atoms with Gasteiger partial charge in [-0.3, -0.25) is 0 Å². The highest BCUT2D eigenvalue weighted by Crippen LogP contribution is 2.51. The molecule has 25 heavy (non-hydrogen) atoms. The van der Waals surface area contributed by atoms with Gasteiger partial charge in [0.1, 0.15) is 0 Å². The van der Waals surface area contributed by atoms with Crippen LogP contribution in [-0.4, -0.2) is 0 Å². The van der Waals surface area contributed by atoms with Crippen molar-refractivity contribution >= 4 is 33.0 Å². The number of rotatable bonds is 1. The van der Waals surface area contributed by atoms with E-state index in [1.807, 2.05) is 0 Å². The Morgan fingerprint density at radius 1 is 0.760 bits per heavy atom. The lowest BCUT2D eigenvalue weighted by atomic mass is 9.73. The third kappa shape index (κ3) is 2.43. The lowest BCUT2D eigenvalue weighted by molar-refractivity contribution is 0.632. The number of hydrogen-bond acceptors (Lipinski definition) is 1. The van der Waals surface area contributed by atoms with Crippen molar-refractivity contribution < 1.29 is 0 Å². The van der Waals surface area contributed by atoms with Crippen LogP contribution in [0.15, 0.2) is 65.1 Å². The van der Waals surface area contributed by atoms with Crippen LogP contribution >= 0.6 is 15.9 Å². The average Bonchev–Trinajstić information content (AvgIpc) is 2.60. The summed E-state index contributed by atoms with van der Waals surface area (Å²) in [4.78, 5) is 2.41. The van der Waals surface area contributed by atoms with Crippen molar-refractivity contribution in [3.63, 3.8) is 0 Å². The number of anilines is 3. The van der Waals surface area contributed by atoms with Gasteiger partial charge in [-0.25, -0.2) is 0 Å². The van der Waals surface area contributed by atoms with Crippen molar-refractivity contribution in [2.24, 2.45) is 0 Å². The van der Waals surface area contributed by atoms with Crippen molar-refractivity contribution in [2.45, 2.75) is 33.1 Å². The van der Waals surface area contributed by atoms with Crippen molar-refractivity contribution in [3.8, 4) is 0 Å². The maximum Gasteiger partial charge on any atom is 0.0502 e. The van der Waals surface area contributed by atoms with E-state index in [1.54, 1.807) is 0 Å². The smallest absolute Gasteiger partial charge is 0.0502 e. The van der Waals surface area contributed by atoms with Crippen LogP contribution in [0.5, 0.6) is 0 Å². The molecule has 1 heterocycles. The van der Waals surface area contributed by atoms with E-state index in [-0.39, 0.29) is 5.41 Å². The fraction of sp³-hybridized carbons (Fsp3) is 0.217. The van der Waals surface area contributed by atoms with Gasteiger partial charge in [0.15, 0.2) is 0 Å². The van der Waals surface area contributed by atoms with E-state index in [1.165, 1.54) is 43.8 Å². The predicted molar refractivity (Wildman–Crippen MR) is 110 cm³/mol. The zero-order chi connectivity index (χ0) is 17.8. The monoisotopic (exact) mass is 391 g/mol. The Kier molecular flexibility index (Phi) is 3.77. The highest BCUT2D eigenvalue weighted by Gasteiger charge is 2.36. The molecular weight excluding hydrogens is 370 g/mol. The van der Waals surface area contributed by atoms with Crippen LogP contribution in [0.2, 0.25) is 0 Å². The zero-order valence-electron chi connectivity index (χ0n) is 15.1. The molecule has 3 aromatic rings. The van der Waals surface area contributed by atoms with Crippen LogP contribution in [0.3, 0.4) is 0 Å². The molecule has 0 saturated heterocycles. The average molecular weight is 392 g/mol. The van der Waals surface area contributed by atoms with Crippen molar-refractivity contribution in [1.29, 1.82) is 0 Å². The summed E-state index contributed by atoms with van der Waals surface area (Å²) in [6, 6.07) is 22.1. The highest BCUT2D eigenvalue weighted by atomic mass is 79.9. The molecule has 0 unspecified atom stereocenters. The van der Waals surface area contributed by atoms with Gasteiger partial charge in [0.25, 0.3) is 0 Å². The van der Waals surface area contributed by atoms with Gasteiger partial charge in [0.2, 0.25) is 0 Å². The van der Waals surface area contributed by atoms with Crippen LogP contribution in [0.25, 0.3) is 0 Å². The summed E-state index contributed by atoms with van der Waals surface area (Å²) in [5, 5.41) is 0. The van der Waals surface area contributed by atoms with E-state index < -0.39 is 0 Å². The molecular formula is C23H22BrN. The van der Waals surface area contributed by atoms with Gasteiger partial charge in [-0.2, -0.15) is 0 Å². The zero-order valence-corrected chi connectivity index (χ0v) is 16.7. The summed E-state index contributed by atoms with van der Waals surface area (Å²) in [6.07, 6.45) is 0. The molecule has 0 atom stereocenters. The molecule has 4 rings (SSSR count). The molecule has 0 N–H and O–H groups in total. The minimum Gasteiger partial charge on any atom is -0.310 e. The number of fused-ring (bicyclic) bond motifs is 2. The second kappa shape index (κ2) is 5.74. The lowest BCUT2D eigenvalue weighted by Crippen LogP contribution is -2.30. The first-order chi connectivity index (χ1) is 11.9. The van der Waals surface area contributed by atoms with Crippen LogP contribution < -0.4 is 4.90 Å². The molecule has 126 valence electrons. The Hall–Kier alpha value is -2.06. The molecule has 1 aliphatic rings. The lowest BCUT2D eigenvalue weighted by Gasteiger charge is -2.42. The normalized spacial score (nSPS) is 14.8. The van der Waals surface area contributed by atoms with E-state index in [9.17, 15) is 0 Å². The van der Waals surface area contributed by atoms with E-state index in [2.05, 4.69) is 109 Å². The first-order valence-electron chi connectivity index (χ1n) is 8.67. The summed E-state index contributed by atoms with van der Waals surface area (Å²) in [6.45, 7) is 8.96. The van der Waals surface area contributed by atoms with E-state index in [4.69, 9.17) is 0 Å². The number of nitrogens with zero attached hydrogens (tertiary/aromatic N) is 1. The molecule has 0 aromatic heterocycles. The first-order valence-corrected chi connectivity index (χ1v) is 9.46. The maximum atomic E-state index is 3.70. The van der Waals surface area contributed by atoms with Gasteiger partial charge in [-0.15, -0.1) is 0 Å². The van der Waals surface area contributed by atoms with E-state index in [0.29, 0.717) is 0 Å². The SMILES string of the molecule is Cc1cc(N2c3ccccc3C(C)(C)c3ccccc32)cc(C)c1Br. The molecule has 2 heteroatoms. The molecule has 0 aliphatic carbocycles. The maximum absolute atomic E-state index is 3.70. The summed E-state index contributed by atoms with van der Waals surface area (Å²) >= 11 is 3.70. The Balaban J connectivity index is 2.04. The van der Waals surface area contributed by atoms with Crippen molar-refractivity contribution in [1.82, 2.24) is 0 Å². The minimum atomic E-state index is -0.0108. The van der Waals surface area contributed by atoms with Gasteiger partial charge >= 0.3 is 0 Å². The molecule has 3 aromatic carbocycles. The van der Waals surface area contributed by atoms with Crippen LogP contribution in [0, 0.1) is 13.8 Å². The number of aryl methyl sites for hydroxylation is 2. The van der Waals surface area contributed by atoms with Crippen molar-refractivity contribution in [2.75, 3.05) is 4.90 Å². The number of para-hydroxylation sites is 2. The number of benzene rings is 3. The molecule has 0 amide bonds. The molecule has 0 fully saturated rings. The summed E-state index contributed by atoms with van der Waals surface area (Å²) in [7, 11) is 0. The summed E-state index contributed by atoms with van der Waals surface area (Å²) in [5.41, 5.74) is 9.00. The van der Waals surface area contributed by atoms with Gasteiger partial charge in [-0.1, -0.05) is 66.2 Å². The number of halogens is 1. The predicted octanol–water partition coefficient (Wildman–Crippen LogP) is 7.18. The van der Waals surface area contributed by atoms with Gasteiger partial charge in [0, 0.05) is 15.6 Å². The van der Waals surface area contributed by atoms with Gasteiger partial charge < -0.3 is 4.90 Å².